The maximum Gasteiger partial charge on any atom is 0.329 e. The maximum atomic E-state index is 12.1. The number of hydrogen-bond acceptors (Lipinski definition) is 10. The van der Waals surface area contributed by atoms with E-state index in [2.05, 4.69) is 20.2 Å². The highest BCUT2D eigenvalue weighted by Crippen LogP contribution is 2.34. The molecule has 1 unspecified atom stereocenters. The molecule has 0 spiro atoms. The molecule has 0 saturated carbocycles. The van der Waals surface area contributed by atoms with Gasteiger partial charge in [0.2, 0.25) is 0 Å². The van der Waals surface area contributed by atoms with E-state index < -0.39 is 11.9 Å². The van der Waals surface area contributed by atoms with Crippen LogP contribution in [0.1, 0.15) is 11.6 Å². The summed E-state index contributed by atoms with van der Waals surface area (Å²) < 4.78 is 15.5. The number of furan rings is 1. The predicted octanol–water partition coefficient (Wildman–Crippen LogP) is 3.20. The number of carbonyl (C=O) groups excluding carboxylic acids is 1. The number of esters is 1. The topological polar surface area (TPSA) is 128 Å². The second-order valence-corrected chi connectivity index (χ2v) is 6.38. The molecular formula is C18H11N5O4S. The van der Waals surface area contributed by atoms with Crippen LogP contribution in [0.3, 0.4) is 0 Å². The Labute approximate surface area is 162 Å². The van der Waals surface area contributed by atoms with Gasteiger partial charge in [-0.1, -0.05) is 12.1 Å². The van der Waals surface area contributed by atoms with Gasteiger partial charge in [0.25, 0.3) is 11.1 Å². The average molecular weight is 393 g/mol. The fraction of sp³-hybridized carbons (Fsp3) is 0.111. The van der Waals surface area contributed by atoms with Crippen molar-refractivity contribution < 1.29 is 18.4 Å². The van der Waals surface area contributed by atoms with E-state index in [4.69, 9.17) is 13.6 Å². The van der Waals surface area contributed by atoms with Crippen molar-refractivity contribution >= 4 is 28.8 Å². The summed E-state index contributed by atoms with van der Waals surface area (Å²) in [4.78, 5) is 21.0. The van der Waals surface area contributed by atoms with Gasteiger partial charge in [0.1, 0.15) is 10.7 Å². The number of rotatable bonds is 5. The summed E-state index contributed by atoms with van der Waals surface area (Å²) in [6.45, 7) is 0. The molecule has 0 amide bonds. The van der Waals surface area contributed by atoms with Crippen LogP contribution in [-0.2, 0) is 9.53 Å². The third-order valence-electron chi connectivity index (χ3n) is 3.73. The van der Waals surface area contributed by atoms with Crippen LogP contribution in [-0.4, -0.2) is 33.2 Å². The van der Waals surface area contributed by atoms with Gasteiger partial charge in [-0.05, 0) is 36.0 Å². The second-order valence-electron chi connectivity index (χ2n) is 5.44. The molecule has 0 radical (unpaired) electrons. The lowest BCUT2D eigenvalue weighted by Crippen LogP contribution is -2.15. The molecule has 3 aromatic heterocycles. The van der Waals surface area contributed by atoms with Crippen molar-refractivity contribution in [1.29, 1.82) is 5.26 Å². The lowest BCUT2D eigenvalue weighted by molar-refractivity contribution is -0.141. The van der Waals surface area contributed by atoms with Crippen molar-refractivity contribution in [1.82, 2.24) is 20.2 Å². The Hall–Kier alpha value is -3.71. The summed E-state index contributed by atoms with van der Waals surface area (Å²) >= 11 is 1.00. The van der Waals surface area contributed by atoms with E-state index >= 15 is 0 Å². The standard InChI is InChI=1S/C18H11N5O4S/c1-25-17(24)10(9-19)14-16(21-12-6-3-2-5-11(12)20-14)28-18-23-22-15(27-18)13-7-4-8-26-13/h2-8,10H,1H3. The van der Waals surface area contributed by atoms with Gasteiger partial charge in [-0.25, -0.2) is 9.97 Å². The van der Waals surface area contributed by atoms with Gasteiger partial charge >= 0.3 is 5.97 Å². The van der Waals surface area contributed by atoms with Gasteiger partial charge in [0.15, 0.2) is 11.7 Å². The molecule has 0 bridgehead atoms. The average Bonchev–Trinajstić information content (AvgIpc) is 3.40. The SMILES string of the molecule is COC(=O)C(C#N)c1nc2ccccc2nc1Sc1nnc(-c2ccco2)o1. The molecule has 0 aliphatic rings. The largest absolute Gasteiger partial charge is 0.468 e. The number of para-hydroxylation sites is 2. The van der Waals surface area contributed by atoms with E-state index in [1.807, 2.05) is 12.1 Å². The maximum absolute atomic E-state index is 12.1. The number of carbonyl (C=O) groups is 1. The van der Waals surface area contributed by atoms with Crippen molar-refractivity contribution in [2.45, 2.75) is 16.2 Å². The molecule has 0 aliphatic carbocycles. The fourth-order valence-corrected chi connectivity index (χ4v) is 3.22. The fourth-order valence-electron chi connectivity index (χ4n) is 2.44. The Morgan fingerprint density at radius 1 is 1.18 bits per heavy atom. The van der Waals surface area contributed by atoms with Gasteiger partial charge in [-0.2, -0.15) is 5.26 Å². The highest BCUT2D eigenvalue weighted by Gasteiger charge is 2.28. The molecule has 138 valence electrons. The van der Waals surface area contributed by atoms with Crippen LogP contribution in [0.5, 0.6) is 0 Å². The number of hydrogen-bond donors (Lipinski definition) is 0. The van der Waals surface area contributed by atoms with Gasteiger partial charge in [-0.3, -0.25) is 4.79 Å². The van der Waals surface area contributed by atoms with Crippen molar-refractivity contribution in [2.24, 2.45) is 0 Å². The highest BCUT2D eigenvalue weighted by atomic mass is 32.2. The molecule has 1 aromatic carbocycles. The number of methoxy groups -OCH3 is 1. The third-order valence-corrected chi connectivity index (χ3v) is 4.56. The summed E-state index contributed by atoms with van der Waals surface area (Å²) in [7, 11) is 1.21. The second kappa shape index (κ2) is 7.50. The van der Waals surface area contributed by atoms with Crippen LogP contribution in [0.25, 0.3) is 22.7 Å². The predicted molar refractivity (Wildman–Crippen MR) is 96.0 cm³/mol. The molecule has 0 fully saturated rings. The Morgan fingerprint density at radius 3 is 2.64 bits per heavy atom. The number of benzene rings is 1. The number of nitriles is 1. The smallest absolute Gasteiger partial charge is 0.329 e. The Balaban J connectivity index is 1.77. The van der Waals surface area contributed by atoms with Crippen molar-refractivity contribution in [3.05, 3.63) is 48.4 Å². The van der Waals surface area contributed by atoms with Crippen LogP contribution < -0.4 is 0 Å². The van der Waals surface area contributed by atoms with Crippen molar-refractivity contribution in [2.75, 3.05) is 7.11 Å². The molecular weight excluding hydrogens is 382 g/mol. The minimum absolute atomic E-state index is 0.163. The Morgan fingerprint density at radius 2 is 1.96 bits per heavy atom. The van der Waals surface area contributed by atoms with Gasteiger partial charge in [0.05, 0.1) is 30.5 Å². The van der Waals surface area contributed by atoms with E-state index in [9.17, 15) is 10.1 Å². The molecule has 4 aromatic rings. The molecule has 0 aliphatic heterocycles. The van der Waals surface area contributed by atoms with Crippen molar-refractivity contribution in [3.8, 4) is 17.7 Å². The monoisotopic (exact) mass is 393 g/mol. The zero-order valence-corrected chi connectivity index (χ0v) is 15.2. The van der Waals surface area contributed by atoms with E-state index in [1.165, 1.54) is 13.4 Å². The summed E-state index contributed by atoms with van der Waals surface area (Å²) in [5.74, 6) is -1.34. The van der Waals surface area contributed by atoms with E-state index in [0.717, 1.165) is 11.8 Å². The summed E-state index contributed by atoms with van der Waals surface area (Å²) in [5, 5.41) is 17.8. The van der Waals surface area contributed by atoms with Crippen LogP contribution >= 0.6 is 11.8 Å². The Kier molecular flexibility index (Phi) is 4.74. The number of fused-ring (bicyclic) bond motifs is 1. The first kappa shape index (κ1) is 17.7. The number of ether oxygens (including phenoxy) is 1. The third kappa shape index (κ3) is 3.30. The zero-order valence-electron chi connectivity index (χ0n) is 14.4. The van der Waals surface area contributed by atoms with Crippen LogP contribution in [0.15, 0.2) is 61.7 Å². The molecule has 3 heterocycles. The molecule has 1 atom stereocenters. The van der Waals surface area contributed by atoms with Crippen LogP contribution in [0.4, 0.5) is 0 Å². The van der Waals surface area contributed by atoms with Gasteiger partial charge in [-0.15, -0.1) is 10.2 Å². The molecule has 10 heteroatoms. The minimum atomic E-state index is -1.24. The first-order valence-corrected chi connectivity index (χ1v) is 8.80. The summed E-state index contributed by atoms with van der Waals surface area (Å²) in [5.41, 5.74) is 1.31. The van der Waals surface area contributed by atoms with E-state index in [0.29, 0.717) is 21.8 Å². The molecule has 28 heavy (non-hydrogen) atoms. The lowest BCUT2D eigenvalue weighted by Gasteiger charge is -2.11. The normalized spacial score (nSPS) is 11.9. The molecule has 9 nitrogen and oxygen atoms in total. The first-order chi connectivity index (χ1) is 13.7. The number of nitrogens with zero attached hydrogens (tertiary/aromatic N) is 5. The van der Waals surface area contributed by atoms with Crippen LogP contribution in [0.2, 0.25) is 0 Å². The zero-order chi connectivity index (χ0) is 19.5. The Bertz CT molecular complexity index is 1180. The number of aromatic nitrogens is 4. The van der Waals surface area contributed by atoms with Gasteiger partial charge in [0, 0.05) is 0 Å². The van der Waals surface area contributed by atoms with Crippen LogP contribution in [0, 0.1) is 11.3 Å². The van der Waals surface area contributed by atoms with Gasteiger partial charge < -0.3 is 13.6 Å². The molecule has 0 N–H and O–H groups in total. The quantitative estimate of drug-likeness (QED) is 0.466. The first-order valence-electron chi connectivity index (χ1n) is 7.99. The minimum Gasteiger partial charge on any atom is -0.468 e. The van der Waals surface area contributed by atoms with E-state index in [-0.39, 0.29) is 16.8 Å². The van der Waals surface area contributed by atoms with E-state index in [1.54, 1.807) is 30.3 Å². The van der Waals surface area contributed by atoms with Crippen molar-refractivity contribution in [3.63, 3.8) is 0 Å². The highest BCUT2D eigenvalue weighted by molar-refractivity contribution is 7.99. The summed E-state index contributed by atoms with van der Waals surface area (Å²) in [6.07, 6.45) is 1.49. The summed E-state index contributed by atoms with van der Waals surface area (Å²) in [6, 6.07) is 12.4. The molecule has 4 rings (SSSR count). The lowest BCUT2D eigenvalue weighted by atomic mass is 10.1. The molecule has 0 saturated heterocycles.